The maximum absolute atomic E-state index is 5.15. The van der Waals surface area contributed by atoms with Crippen molar-refractivity contribution < 1.29 is 0 Å². The van der Waals surface area contributed by atoms with E-state index in [1.54, 1.807) is 0 Å². The van der Waals surface area contributed by atoms with Gasteiger partial charge >= 0.3 is 0 Å². The van der Waals surface area contributed by atoms with Gasteiger partial charge in [-0.2, -0.15) is 0 Å². The van der Waals surface area contributed by atoms with Crippen molar-refractivity contribution in [2.45, 2.75) is 25.7 Å². The molecule has 2 heterocycles. The second-order valence-corrected chi connectivity index (χ2v) is 13.4. The molecule has 2 aliphatic rings. The lowest BCUT2D eigenvalue weighted by Gasteiger charge is -2.29. The van der Waals surface area contributed by atoms with E-state index in [1.165, 1.54) is 44.9 Å². The SMILES string of the molecule is CCC1Nc2ccccc2N1c1ccccc1-c1ccccc1-c1ccccc1-c1cccc(C2N=C(c3ccccc3)N=C(c3ccccc3)N2)c1. The summed E-state index contributed by atoms with van der Waals surface area (Å²) in [4.78, 5) is 12.6. The van der Waals surface area contributed by atoms with Gasteiger partial charge in [0.25, 0.3) is 0 Å². The normalized spacial score (nSPS) is 16.2. The Kier molecular flexibility index (Phi) is 8.58. The molecule has 0 spiro atoms. The fraction of sp³-hybridized carbons (Fsp3) is 0.0833. The quantitative estimate of drug-likeness (QED) is 0.167. The molecule has 9 rings (SSSR count). The van der Waals surface area contributed by atoms with Crippen LogP contribution in [-0.4, -0.2) is 17.8 Å². The Morgan fingerprint density at radius 2 is 1.04 bits per heavy atom. The number of fused-ring (bicyclic) bond motifs is 1. The number of nitrogens with zero attached hydrogens (tertiary/aromatic N) is 3. The lowest BCUT2D eigenvalue weighted by Crippen LogP contribution is -2.33. The number of anilines is 3. The van der Waals surface area contributed by atoms with Crippen molar-refractivity contribution in [3.05, 3.63) is 199 Å². The summed E-state index contributed by atoms with van der Waals surface area (Å²) in [5, 5.41) is 7.39. The van der Waals surface area contributed by atoms with Gasteiger partial charge in [0.2, 0.25) is 0 Å². The lowest BCUT2D eigenvalue weighted by atomic mass is 9.88. The molecule has 0 fully saturated rings. The first-order valence-electron chi connectivity index (χ1n) is 18.3. The van der Waals surface area contributed by atoms with Gasteiger partial charge in [0.05, 0.1) is 17.1 Å². The van der Waals surface area contributed by atoms with E-state index < -0.39 is 0 Å². The molecule has 7 aromatic rings. The minimum Gasteiger partial charge on any atom is -0.363 e. The number of benzene rings is 7. The van der Waals surface area contributed by atoms with E-state index in [2.05, 4.69) is 168 Å². The van der Waals surface area contributed by atoms with Gasteiger partial charge in [-0.25, -0.2) is 9.98 Å². The van der Waals surface area contributed by atoms with E-state index in [1.807, 2.05) is 36.4 Å². The first-order valence-corrected chi connectivity index (χ1v) is 18.3. The largest absolute Gasteiger partial charge is 0.363 e. The average Bonchev–Trinajstić information content (AvgIpc) is 3.63. The Morgan fingerprint density at radius 1 is 0.491 bits per heavy atom. The summed E-state index contributed by atoms with van der Waals surface area (Å²) in [7, 11) is 0. The minimum absolute atomic E-state index is 0.168. The van der Waals surface area contributed by atoms with Crippen LogP contribution >= 0.6 is 0 Å². The van der Waals surface area contributed by atoms with Gasteiger partial charge in [-0.05, 0) is 64.1 Å². The lowest BCUT2D eigenvalue weighted by molar-refractivity contribution is 0.674. The van der Waals surface area contributed by atoms with Gasteiger partial charge in [-0.1, -0.05) is 165 Å². The molecule has 5 heteroatoms. The minimum atomic E-state index is -0.312. The van der Waals surface area contributed by atoms with Gasteiger partial charge in [0, 0.05) is 16.7 Å². The van der Waals surface area contributed by atoms with Crippen LogP contribution in [0.5, 0.6) is 0 Å². The van der Waals surface area contributed by atoms with Gasteiger partial charge < -0.3 is 15.5 Å². The van der Waals surface area contributed by atoms with Crippen LogP contribution in [0.25, 0.3) is 33.4 Å². The third-order valence-corrected chi connectivity index (χ3v) is 10.1. The van der Waals surface area contributed by atoms with Gasteiger partial charge in [-0.15, -0.1) is 0 Å². The summed E-state index contributed by atoms with van der Waals surface area (Å²) < 4.78 is 0. The summed E-state index contributed by atoms with van der Waals surface area (Å²) in [6.07, 6.45) is 0.823. The maximum Gasteiger partial charge on any atom is 0.159 e. The van der Waals surface area contributed by atoms with Crippen LogP contribution in [0.2, 0.25) is 0 Å². The first-order chi connectivity index (χ1) is 26.2. The van der Waals surface area contributed by atoms with E-state index in [0.29, 0.717) is 5.84 Å². The predicted octanol–water partition coefficient (Wildman–Crippen LogP) is 11.5. The monoisotopic (exact) mass is 685 g/mol. The molecule has 5 nitrogen and oxygen atoms in total. The molecule has 0 saturated carbocycles. The number of amidine groups is 2. The van der Waals surface area contributed by atoms with Crippen LogP contribution < -0.4 is 15.5 Å². The zero-order valence-corrected chi connectivity index (χ0v) is 29.5. The first kappa shape index (κ1) is 32.2. The average molecular weight is 686 g/mol. The summed E-state index contributed by atoms with van der Waals surface area (Å²) in [6, 6.07) is 64.2. The van der Waals surface area contributed by atoms with Crippen molar-refractivity contribution in [2.24, 2.45) is 9.98 Å². The molecule has 53 heavy (non-hydrogen) atoms. The molecule has 0 amide bonds. The molecule has 2 unspecified atom stereocenters. The fourth-order valence-corrected chi connectivity index (χ4v) is 7.59. The van der Waals surface area contributed by atoms with Crippen molar-refractivity contribution in [1.29, 1.82) is 0 Å². The highest BCUT2D eigenvalue weighted by molar-refractivity contribution is 6.13. The molecule has 7 aromatic carbocycles. The molecular formula is C48H39N5. The van der Waals surface area contributed by atoms with Crippen molar-refractivity contribution in [1.82, 2.24) is 5.32 Å². The highest BCUT2D eigenvalue weighted by atomic mass is 15.3. The van der Waals surface area contributed by atoms with Crippen molar-refractivity contribution >= 4 is 28.7 Å². The molecule has 0 saturated heterocycles. The summed E-state index contributed by atoms with van der Waals surface area (Å²) >= 11 is 0. The van der Waals surface area contributed by atoms with Crippen LogP contribution in [-0.2, 0) is 0 Å². The molecule has 2 N–H and O–H groups in total. The number of hydrogen-bond acceptors (Lipinski definition) is 5. The van der Waals surface area contributed by atoms with E-state index in [9.17, 15) is 0 Å². The Bertz CT molecular complexity index is 2470. The third-order valence-electron chi connectivity index (χ3n) is 10.1. The Balaban J connectivity index is 1.12. The van der Waals surface area contributed by atoms with Crippen LogP contribution in [0.1, 0.15) is 36.2 Å². The third kappa shape index (κ3) is 6.17. The molecule has 2 atom stereocenters. The van der Waals surface area contributed by atoms with Crippen LogP contribution in [0, 0.1) is 0 Å². The number of aliphatic imine (C=N–C) groups is 2. The maximum atomic E-state index is 5.15. The van der Waals surface area contributed by atoms with Gasteiger partial charge in [0.1, 0.15) is 18.2 Å². The highest BCUT2D eigenvalue weighted by Crippen LogP contribution is 2.47. The van der Waals surface area contributed by atoms with Crippen molar-refractivity contribution in [3.63, 3.8) is 0 Å². The molecule has 0 bridgehead atoms. The van der Waals surface area contributed by atoms with E-state index >= 15 is 0 Å². The molecule has 0 radical (unpaired) electrons. The smallest absolute Gasteiger partial charge is 0.159 e. The molecule has 256 valence electrons. The zero-order chi connectivity index (χ0) is 35.6. The summed E-state index contributed by atoms with van der Waals surface area (Å²) in [6.45, 7) is 2.24. The van der Waals surface area contributed by atoms with Gasteiger partial charge in [0.15, 0.2) is 5.84 Å². The van der Waals surface area contributed by atoms with Crippen molar-refractivity contribution in [3.8, 4) is 33.4 Å². The van der Waals surface area contributed by atoms with E-state index in [0.717, 1.165) is 34.5 Å². The van der Waals surface area contributed by atoms with Gasteiger partial charge in [-0.3, -0.25) is 0 Å². The highest BCUT2D eigenvalue weighted by Gasteiger charge is 2.30. The molecule has 0 aromatic heterocycles. The topological polar surface area (TPSA) is 52.0 Å². The second-order valence-electron chi connectivity index (χ2n) is 13.4. The standard InChI is InChI=1S/C48H39N5/c1-2-45-49-42-29-14-16-31-44(42)53(45)43-30-15-13-28-41(43)40-27-12-11-26-39(40)38-25-10-9-24-37(38)35-22-17-23-36(32-35)48-51-46(33-18-5-3-6-19-33)50-47(52-48)34-20-7-4-8-21-34/h3-32,45,48-49H,2H2,1H3,(H,50,51,52). The van der Waals surface area contributed by atoms with Crippen LogP contribution in [0.4, 0.5) is 17.1 Å². The number of hydrogen-bond donors (Lipinski definition) is 2. The van der Waals surface area contributed by atoms with E-state index in [-0.39, 0.29) is 12.3 Å². The Morgan fingerprint density at radius 3 is 1.75 bits per heavy atom. The molecule has 0 aliphatic carbocycles. The number of para-hydroxylation sites is 3. The number of rotatable bonds is 8. The van der Waals surface area contributed by atoms with Crippen LogP contribution in [0.3, 0.4) is 0 Å². The Labute approximate surface area is 311 Å². The number of nitrogens with one attached hydrogen (secondary N) is 2. The molecular weight excluding hydrogens is 647 g/mol. The predicted molar refractivity (Wildman–Crippen MR) is 221 cm³/mol. The summed E-state index contributed by atoms with van der Waals surface area (Å²) in [5.74, 6) is 1.52. The van der Waals surface area contributed by atoms with Crippen LogP contribution in [0.15, 0.2) is 192 Å². The summed E-state index contributed by atoms with van der Waals surface area (Å²) in [5.41, 5.74) is 13.7. The van der Waals surface area contributed by atoms with Crippen molar-refractivity contribution in [2.75, 3.05) is 10.2 Å². The second kappa shape index (κ2) is 14.1. The van der Waals surface area contributed by atoms with E-state index in [4.69, 9.17) is 9.98 Å². The Hall–Kier alpha value is -6.72. The fourth-order valence-electron chi connectivity index (χ4n) is 7.59. The molecule has 2 aliphatic heterocycles. The zero-order valence-electron chi connectivity index (χ0n) is 29.5.